The van der Waals surface area contributed by atoms with Gasteiger partial charge in [-0.25, -0.2) is 17.5 Å². The summed E-state index contributed by atoms with van der Waals surface area (Å²) in [6, 6.07) is 5.21. The molecule has 1 aromatic carbocycles. The third-order valence-corrected chi connectivity index (χ3v) is 5.63. The number of rotatable bonds is 6. The maximum absolute atomic E-state index is 13.1. The summed E-state index contributed by atoms with van der Waals surface area (Å²) in [5.41, 5.74) is 1.04. The quantitative estimate of drug-likeness (QED) is 0.858. The van der Waals surface area contributed by atoms with Crippen molar-refractivity contribution in [3.8, 4) is 0 Å². The molecule has 1 heterocycles. The van der Waals surface area contributed by atoms with E-state index in [1.165, 1.54) is 6.07 Å². The number of benzene rings is 1. The van der Waals surface area contributed by atoms with Gasteiger partial charge in [0.05, 0.1) is 9.92 Å². The Morgan fingerprint density at radius 3 is 2.64 bits per heavy atom. The molecule has 2 aromatic rings. The highest BCUT2D eigenvalue weighted by Gasteiger charge is 2.20. The van der Waals surface area contributed by atoms with Crippen LogP contribution in [-0.2, 0) is 10.0 Å². The first kappa shape index (κ1) is 17.4. The second-order valence-corrected chi connectivity index (χ2v) is 7.92. The number of nitrogens with zero attached hydrogens (tertiary/aromatic N) is 1. The molecule has 0 saturated carbocycles. The predicted octanol–water partition coefficient (Wildman–Crippen LogP) is 3.12. The number of hydrogen-bond donors (Lipinski definition) is 1. The van der Waals surface area contributed by atoms with E-state index < -0.39 is 15.8 Å². The summed E-state index contributed by atoms with van der Waals surface area (Å²) >= 11 is 7.20. The van der Waals surface area contributed by atoms with E-state index in [0.717, 1.165) is 17.7 Å². The van der Waals surface area contributed by atoms with Crippen molar-refractivity contribution >= 4 is 33.0 Å². The summed E-state index contributed by atoms with van der Waals surface area (Å²) in [4.78, 5) is 1.88. The summed E-state index contributed by atoms with van der Waals surface area (Å²) in [5.74, 6) is -0.648. The molecule has 0 radical (unpaired) electrons. The Morgan fingerprint density at radius 2 is 2.09 bits per heavy atom. The Hall–Kier alpha value is -0.990. The second kappa shape index (κ2) is 7.06. The van der Waals surface area contributed by atoms with Crippen LogP contribution in [0.25, 0.3) is 0 Å². The molecule has 1 N–H and O–H groups in total. The molecule has 0 spiro atoms. The highest BCUT2D eigenvalue weighted by molar-refractivity contribution is 7.89. The standard InChI is InChI=1S/C14H16ClFN2O2S2/c1-18(2)14(10-5-6-21-9-10)8-17-22(19,20)11-3-4-13(16)12(15)7-11/h3-7,9,14,17H,8H2,1-2H3. The fraction of sp³-hybridized carbons (Fsp3) is 0.286. The average molecular weight is 363 g/mol. The topological polar surface area (TPSA) is 49.4 Å². The number of sulfonamides is 1. The molecule has 0 fully saturated rings. The smallest absolute Gasteiger partial charge is 0.240 e. The minimum absolute atomic E-state index is 0.0540. The molecular formula is C14H16ClFN2O2S2. The first-order chi connectivity index (χ1) is 10.3. The van der Waals surface area contributed by atoms with E-state index in [2.05, 4.69) is 4.72 Å². The van der Waals surface area contributed by atoms with Crippen LogP contribution < -0.4 is 4.72 Å². The molecular weight excluding hydrogens is 347 g/mol. The predicted molar refractivity (Wildman–Crippen MR) is 87.3 cm³/mol. The van der Waals surface area contributed by atoms with Crippen molar-refractivity contribution in [2.24, 2.45) is 0 Å². The largest absolute Gasteiger partial charge is 0.301 e. The van der Waals surface area contributed by atoms with Crippen LogP contribution in [0.15, 0.2) is 39.9 Å². The zero-order chi connectivity index (χ0) is 16.3. The zero-order valence-corrected chi connectivity index (χ0v) is 14.5. The van der Waals surface area contributed by atoms with E-state index in [4.69, 9.17) is 11.6 Å². The van der Waals surface area contributed by atoms with Gasteiger partial charge >= 0.3 is 0 Å². The third kappa shape index (κ3) is 4.05. The summed E-state index contributed by atoms with van der Waals surface area (Å²) in [5, 5.41) is 3.71. The van der Waals surface area contributed by atoms with Crippen LogP contribution >= 0.6 is 22.9 Å². The van der Waals surface area contributed by atoms with Gasteiger partial charge in [0.15, 0.2) is 0 Å². The van der Waals surface area contributed by atoms with E-state index in [0.29, 0.717) is 0 Å². The summed E-state index contributed by atoms with van der Waals surface area (Å²) in [6.07, 6.45) is 0. The number of likely N-dealkylation sites (N-methyl/N-ethyl adjacent to an activating group) is 1. The first-order valence-corrected chi connectivity index (χ1v) is 9.25. The second-order valence-electron chi connectivity index (χ2n) is 4.96. The average Bonchev–Trinajstić information content (AvgIpc) is 2.95. The van der Waals surface area contributed by atoms with Crippen molar-refractivity contribution in [2.75, 3.05) is 20.6 Å². The molecule has 0 aliphatic heterocycles. The maximum Gasteiger partial charge on any atom is 0.240 e. The maximum atomic E-state index is 13.1. The molecule has 0 aliphatic rings. The molecule has 1 unspecified atom stereocenters. The van der Waals surface area contributed by atoms with E-state index in [1.807, 2.05) is 35.8 Å². The van der Waals surface area contributed by atoms with Gasteiger partial charge in [0, 0.05) is 12.6 Å². The van der Waals surface area contributed by atoms with Gasteiger partial charge in [-0.3, -0.25) is 0 Å². The molecule has 1 atom stereocenters. The van der Waals surface area contributed by atoms with Crippen LogP contribution in [0, 0.1) is 5.82 Å². The van der Waals surface area contributed by atoms with Crippen molar-refractivity contribution < 1.29 is 12.8 Å². The molecule has 4 nitrogen and oxygen atoms in total. The number of hydrogen-bond acceptors (Lipinski definition) is 4. The molecule has 8 heteroatoms. The number of nitrogens with one attached hydrogen (secondary N) is 1. The van der Waals surface area contributed by atoms with Gasteiger partial charge in [-0.05, 0) is 54.7 Å². The van der Waals surface area contributed by atoms with Gasteiger partial charge in [0.25, 0.3) is 0 Å². The van der Waals surface area contributed by atoms with E-state index in [-0.39, 0.29) is 22.5 Å². The summed E-state index contributed by atoms with van der Waals surface area (Å²) in [6.45, 7) is 0.209. The van der Waals surface area contributed by atoms with Gasteiger partial charge in [0.2, 0.25) is 10.0 Å². The zero-order valence-electron chi connectivity index (χ0n) is 12.1. The van der Waals surface area contributed by atoms with Gasteiger partial charge < -0.3 is 4.90 Å². The van der Waals surface area contributed by atoms with Gasteiger partial charge in [-0.2, -0.15) is 11.3 Å². The Balaban J connectivity index is 2.16. The lowest BCUT2D eigenvalue weighted by Crippen LogP contribution is -2.34. The van der Waals surface area contributed by atoms with Crippen LogP contribution in [0.5, 0.6) is 0 Å². The Labute approximate surface area is 138 Å². The fourth-order valence-corrected chi connectivity index (χ4v) is 4.00. The highest BCUT2D eigenvalue weighted by Crippen LogP contribution is 2.22. The van der Waals surface area contributed by atoms with Crippen molar-refractivity contribution in [3.63, 3.8) is 0 Å². The van der Waals surface area contributed by atoms with Crippen LogP contribution in [0.2, 0.25) is 5.02 Å². The minimum atomic E-state index is -3.74. The van der Waals surface area contributed by atoms with Crippen LogP contribution in [-0.4, -0.2) is 34.0 Å². The number of thiophene rings is 1. The molecule has 0 amide bonds. The van der Waals surface area contributed by atoms with E-state index in [9.17, 15) is 12.8 Å². The minimum Gasteiger partial charge on any atom is -0.301 e. The van der Waals surface area contributed by atoms with Crippen molar-refractivity contribution in [2.45, 2.75) is 10.9 Å². The molecule has 0 bridgehead atoms. The van der Waals surface area contributed by atoms with Gasteiger partial charge in [0.1, 0.15) is 5.82 Å². The SMILES string of the molecule is CN(C)C(CNS(=O)(=O)c1ccc(F)c(Cl)c1)c1ccsc1. The lowest BCUT2D eigenvalue weighted by atomic mass is 10.1. The monoisotopic (exact) mass is 362 g/mol. The molecule has 2 rings (SSSR count). The van der Waals surface area contributed by atoms with Gasteiger partial charge in [-0.15, -0.1) is 0 Å². The Kier molecular flexibility index (Phi) is 5.57. The van der Waals surface area contributed by atoms with Crippen molar-refractivity contribution in [1.29, 1.82) is 0 Å². The lowest BCUT2D eigenvalue weighted by Gasteiger charge is -2.24. The Bertz CT molecular complexity index is 733. The molecule has 1 aromatic heterocycles. The van der Waals surface area contributed by atoms with E-state index in [1.54, 1.807) is 11.3 Å². The Morgan fingerprint density at radius 1 is 1.36 bits per heavy atom. The molecule has 120 valence electrons. The molecule has 0 aliphatic carbocycles. The fourth-order valence-electron chi connectivity index (χ4n) is 1.98. The van der Waals surface area contributed by atoms with Crippen LogP contribution in [0.1, 0.15) is 11.6 Å². The van der Waals surface area contributed by atoms with Crippen LogP contribution in [0.4, 0.5) is 4.39 Å². The number of halogens is 2. The first-order valence-electron chi connectivity index (χ1n) is 6.44. The van der Waals surface area contributed by atoms with Gasteiger partial charge in [-0.1, -0.05) is 11.6 Å². The summed E-state index contributed by atoms with van der Waals surface area (Å²) in [7, 11) is 0.0171. The van der Waals surface area contributed by atoms with Crippen LogP contribution in [0.3, 0.4) is 0 Å². The van der Waals surface area contributed by atoms with E-state index >= 15 is 0 Å². The highest BCUT2D eigenvalue weighted by atomic mass is 35.5. The normalized spacial score (nSPS) is 13.5. The molecule has 22 heavy (non-hydrogen) atoms. The van der Waals surface area contributed by atoms with Crippen molar-refractivity contribution in [1.82, 2.24) is 9.62 Å². The lowest BCUT2D eigenvalue weighted by molar-refractivity contribution is 0.300. The summed E-state index contributed by atoms with van der Waals surface area (Å²) < 4.78 is 40.3. The molecule has 0 saturated heterocycles. The third-order valence-electron chi connectivity index (χ3n) is 3.22. The van der Waals surface area contributed by atoms with Crippen molar-refractivity contribution in [3.05, 3.63) is 51.4 Å².